The number of imidazole rings is 1. The van der Waals surface area contributed by atoms with E-state index in [0.717, 1.165) is 60.3 Å². The van der Waals surface area contributed by atoms with E-state index in [0.29, 0.717) is 48.7 Å². The number of carbonyl (C=O) groups is 2. The summed E-state index contributed by atoms with van der Waals surface area (Å²) in [5.74, 6) is 0.285. The van der Waals surface area contributed by atoms with Gasteiger partial charge in [-0.25, -0.2) is 9.78 Å². The van der Waals surface area contributed by atoms with Crippen LogP contribution < -0.4 is 0 Å². The van der Waals surface area contributed by atoms with E-state index in [2.05, 4.69) is 20.5 Å². The van der Waals surface area contributed by atoms with Gasteiger partial charge in [0, 0.05) is 56.7 Å². The molecule has 0 radical (unpaired) electrons. The van der Waals surface area contributed by atoms with Crippen LogP contribution in [0.1, 0.15) is 60.8 Å². The van der Waals surface area contributed by atoms with Crippen molar-refractivity contribution in [2.45, 2.75) is 71.2 Å². The van der Waals surface area contributed by atoms with Crippen molar-refractivity contribution in [1.82, 2.24) is 29.2 Å². The van der Waals surface area contributed by atoms with E-state index in [1.807, 2.05) is 56.4 Å². The van der Waals surface area contributed by atoms with E-state index in [-0.39, 0.29) is 18.1 Å². The van der Waals surface area contributed by atoms with Crippen LogP contribution in [0.3, 0.4) is 0 Å². The Morgan fingerprint density at radius 2 is 1.82 bits per heavy atom. The maximum absolute atomic E-state index is 14.4. The van der Waals surface area contributed by atoms with Crippen LogP contribution in [0, 0.1) is 12.8 Å². The summed E-state index contributed by atoms with van der Waals surface area (Å²) in [5.41, 5.74) is 5.30. The largest absolute Gasteiger partial charge is 0.447 e. The molecule has 1 aromatic carbocycles. The number of likely N-dealkylation sites (tertiary alicyclic amines) is 1. The molecule has 9 nitrogen and oxygen atoms in total. The Bertz CT molecular complexity index is 1470. The van der Waals surface area contributed by atoms with Crippen molar-refractivity contribution >= 4 is 35.2 Å². The normalized spacial score (nSPS) is 22.4. The van der Waals surface area contributed by atoms with E-state index in [9.17, 15) is 9.59 Å². The van der Waals surface area contributed by atoms with Gasteiger partial charge in [-0.1, -0.05) is 29.3 Å². The van der Waals surface area contributed by atoms with Crippen molar-refractivity contribution in [2.24, 2.45) is 5.92 Å². The highest BCUT2D eigenvalue weighted by Crippen LogP contribution is 2.39. The monoisotopic (exact) mass is 638 g/mol. The molecule has 0 bridgehead atoms. The van der Waals surface area contributed by atoms with E-state index in [1.165, 1.54) is 0 Å². The quantitative estimate of drug-likeness (QED) is 0.364. The first-order chi connectivity index (χ1) is 21.2. The summed E-state index contributed by atoms with van der Waals surface area (Å²) in [7, 11) is 0. The minimum Gasteiger partial charge on any atom is -0.447 e. The standard InChI is InChI=1S/C33H40Cl2N6O3/c1-21(2)44-33(43)41-12-11-39(19-29(41)32(42)40-10-4-5-23(18-40)17-38-16-22(3)37-20-38)31-28-9-8-26(34)13-24(28)6-7-25-14-27(35)15-36-30(25)31/h8-9,13-16,20-21,23,29,31H,4-7,10-12,17-19H2,1-3H3/t23-,29+,31?/m0/s1. The highest BCUT2D eigenvalue weighted by atomic mass is 35.5. The summed E-state index contributed by atoms with van der Waals surface area (Å²) in [6.45, 7) is 9.08. The molecule has 2 aliphatic heterocycles. The minimum atomic E-state index is -0.681. The van der Waals surface area contributed by atoms with Crippen LogP contribution in [-0.2, 0) is 28.9 Å². The molecule has 2 amide bonds. The lowest BCUT2D eigenvalue weighted by atomic mass is 9.94. The van der Waals surface area contributed by atoms with Gasteiger partial charge in [0.05, 0.1) is 34.9 Å². The number of amides is 2. The summed E-state index contributed by atoms with van der Waals surface area (Å²) in [5, 5.41) is 1.30. The van der Waals surface area contributed by atoms with Gasteiger partial charge < -0.3 is 14.2 Å². The molecule has 3 aromatic rings. The fraction of sp³-hybridized carbons (Fsp3) is 0.515. The predicted octanol–water partition coefficient (Wildman–Crippen LogP) is 5.55. The molecular formula is C33H40Cl2N6O3. The third kappa shape index (κ3) is 6.60. The Balaban J connectivity index is 1.31. The van der Waals surface area contributed by atoms with Crippen molar-refractivity contribution in [2.75, 3.05) is 32.7 Å². The first-order valence-corrected chi connectivity index (χ1v) is 16.3. The van der Waals surface area contributed by atoms with Gasteiger partial charge in [0.25, 0.3) is 0 Å². The number of benzene rings is 1. The molecule has 4 heterocycles. The smallest absolute Gasteiger partial charge is 0.410 e. The summed E-state index contributed by atoms with van der Waals surface area (Å²) in [6.07, 6.45) is 8.44. The number of carbonyl (C=O) groups excluding carboxylic acids is 2. The Labute approximate surface area is 269 Å². The number of piperidine rings is 1. The first kappa shape index (κ1) is 30.9. The highest BCUT2D eigenvalue weighted by molar-refractivity contribution is 6.30. The van der Waals surface area contributed by atoms with Crippen molar-refractivity contribution in [3.05, 3.63) is 81.1 Å². The number of aryl methyl sites for hydroxylation is 3. The molecular weight excluding hydrogens is 599 g/mol. The molecule has 11 heteroatoms. The average molecular weight is 640 g/mol. The molecule has 44 heavy (non-hydrogen) atoms. The van der Waals surface area contributed by atoms with Crippen LogP contribution >= 0.6 is 23.2 Å². The lowest BCUT2D eigenvalue weighted by Crippen LogP contribution is -2.62. The summed E-state index contributed by atoms with van der Waals surface area (Å²) >= 11 is 12.8. The minimum absolute atomic E-state index is 0.0313. The molecule has 3 atom stereocenters. The molecule has 0 spiro atoms. The van der Waals surface area contributed by atoms with Crippen LogP contribution in [0.15, 0.2) is 43.0 Å². The fourth-order valence-electron chi connectivity index (χ4n) is 7.01. The Hall–Kier alpha value is -3.14. The van der Waals surface area contributed by atoms with Crippen molar-refractivity contribution in [1.29, 1.82) is 0 Å². The number of hydrogen-bond acceptors (Lipinski definition) is 6. The van der Waals surface area contributed by atoms with Gasteiger partial charge in [-0.05, 0) is 87.3 Å². The van der Waals surface area contributed by atoms with E-state index >= 15 is 0 Å². The number of piperazine rings is 1. The molecule has 2 fully saturated rings. The third-order valence-corrected chi connectivity index (χ3v) is 9.43. The van der Waals surface area contributed by atoms with E-state index < -0.39 is 12.1 Å². The van der Waals surface area contributed by atoms with Crippen LogP contribution in [-0.4, -0.2) is 86.1 Å². The SMILES string of the molecule is Cc1cn(C[C@@H]2CCCN(C(=O)[C@H]3CN(C4c5ccc(Cl)cc5CCc5cc(Cl)cnc54)CCN3C(=O)OC(C)C)C2)cn1. The Morgan fingerprint density at radius 3 is 2.59 bits per heavy atom. The number of rotatable bonds is 5. The zero-order valence-electron chi connectivity index (χ0n) is 25.6. The number of aromatic nitrogens is 3. The van der Waals surface area contributed by atoms with Crippen molar-refractivity contribution in [3.63, 3.8) is 0 Å². The van der Waals surface area contributed by atoms with Crippen LogP contribution in [0.4, 0.5) is 4.79 Å². The van der Waals surface area contributed by atoms with Gasteiger partial charge in [-0.2, -0.15) is 0 Å². The van der Waals surface area contributed by atoms with Gasteiger partial charge in [-0.3, -0.25) is 19.6 Å². The van der Waals surface area contributed by atoms with Crippen LogP contribution in [0.2, 0.25) is 10.0 Å². The summed E-state index contributed by atoms with van der Waals surface area (Å²) in [6, 6.07) is 7.15. The maximum Gasteiger partial charge on any atom is 0.410 e. The molecule has 2 aromatic heterocycles. The van der Waals surface area contributed by atoms with E-state index in [1.54, 1.807) is 11.1 Å². The lowest BCUT2D eigenvalue weighted by Gasteiger charge is -2.45. The second-order valence-corrected chi connectivity index (χ2v) is 13.5. The molecule has 6 rings (SSSR count). The number of fused-ring (bicyclic) bond motifs is 2. The molecule has 1 aliphatic carbocycles. The van der Waals surface area contributed by atoms with Gasteiger partial charge in [-0.15, -0.1) is 0 Å². The van der Waals surface area contributed by atoms with Crippen molar-refractivity contribution in [3.8, 4) is 0 Å². The zero-order chi connectivity index (χ0) is 31.0. The van der Waals surface area contributed by atoms with Crippen LogP contribution in [0.25, 0.3) is 0 Å². The second-order valence-electron chi connectivity index (χ2n) is 12.6. The fourth-order valence-corrected chi connectivity index (χ4v) is 7.39. The van der Waals surface area contributed by atoms with Gasteiger partial charge in [0.2, 0.25) is 5.91 Å². The van der Waals surface area contributed by atoms with Gasteiger partial charge >= 0.3 is 6.09 Å². The highest BCUT2D eigenvalue weighted by Gasteiger charge is 2.43. The predicted molar refractivity (Wildman–Crippen MR) is 170 cm³/mol. The maximum atomic E-state index is 14.4. The molecule has 3 aliphatic rings. The number of nitrogens with zero attached hydrogens (tertiary/aromatic N) is 6. The molecule has 1 unspecified atom stereocenters. The number of pyridine rings is 1. The van der Waals surface area contributed by atoms with Gasteiger partial charge in [0.15, 0.2) is 0 Å². The lowest BCUT2D eigenvalue weighted by molar-refractivity contribution is -0.141. The topological polar surface area (TPSA) is 83.8 Å². The van der Waals surface area contributed by atoms with Gasteiger partial charge in [0.1, 0.15) is 6.04 Å². The zero-order valence-corrected chi connectivity index (χ0v) is 27.1. The number of ether oxygens (including phenoxy) is 1. The first-order valence-electron chi connectivity index (χ1n) is 15.6. The average Bonchev–Trinajstić information content (AvgIpc) is 3.33. The molecule has 234 valence electrons. The van der Waals surface area contributed by atoms with Crippen molar-refractivity contribution < 1.29 is 14.3 Å². The van der Waals surface area contributed by atoms with E-state index in [4.69, 9.17) is 32.9 Å². The molecule has 0 saturated carbocycles. The summed E-state index contributed by atoms with van der Waals surface area (Å²) in [4.78, 5) is 42.9. The van der Waals surface area contributed by atoms with Crippen LogP contribution in [0.5, 0.6) is 0 Å². The second kappa shape index (κ2) is 13.1. The molecule has 0 N–H and O–H groups in total. The number of hydrogen-bond donors (Lipinski definition) is 0. The summed E-state index contributed by atoms with van der Waals surface area (Å²) < 4.78 is 7.75. The number of halogens is 2. The Morgan fingerprint density at radius 1 is 1.02 bits per heavy atom. The molecule has 2 saturated heterocycles. The Kier molecular flexibility index (Phi) is 9.17. The third-order valence-electron chi connectivity index (χ3n) is 8.99.